The fraction of sp³-hybridized carbons (Fsp3) is 0.250. The van der Waals surface area contributed by atoms with E-state index in [-0.39, 0.29) is 17.8 Å². The van der Waals surface area contributed by atoms with Crippen molar-refractivity contribution < 1.29 is 29.0 Å². The first kappa shape index (κ1) is 15.3. The van der Waals surface area contributed by atoms with Gasteiger partial charge >= 0.3 is 18.0 Å². The van der Waals surface area contributed by atoms with Gasteiger partial charge in [0.05, 0.1) is 25.5 Å². The van der Waals surface area contributed by atoms with Crippen molar-refractivity contribution in [1.29, 1.82) is 0 Å². The van der Waals surface area contributed by atoms with E-state index in [2.05, 4.69) is 15.4 Å². The molecule has 1 aromatic rings. The van der Waals surface area contributed by atoms with E-state index < -0.39 is 18.0 Å². The molecule has 2 amide bonds. The van der Waals surface area contributed by atoms with Crippen LogP contribution in [-0.2, 0) is 9.53 Å². The van der Waals surface area contributed by atoms with Gasteiger partial charge in [0.2, 0.25) is 0 Å². The summed E-state index contributed by atoms with van der Waals surface area (Å²) >= 11 is 0. The minimum atomic E-state index is -1.22. The summed E-state index contributed by atoms with van der Waals surface area (Å²) in [5.41, 5.74) is -0.0433. The number of rotatable bonds is 5. The van der Waals surface area contributed by atoms with Gasteiger partial charge in [0.1, 0.15) is 12.3 Å². The molecule has 0 spiro atoms. The zero-order valence-electron chi connectivity index (χ0n) is 10.9. The molecule has 8 heteroatoms. The van der Waals surface area contributed by atoms with Crippen molar-refractivity contribution in [2.24, 2.45) is 0 Å². The second kappa shape index (κ2) is 6.98. The van der Waals surface area contributed by atoms with Crippen LogP contribution in [0.25, 0.3) is 0 Å². The maximum absolute atomic E-state index is 11.5. The summed E-state index contributed by atoms with van der Waals surface area (Å²) in [6.45, 7) is -0.319. The summed E-state index contributed by atoms with van der Waals surface area (Å²) < 4.78 is 9.26. The quantitative estimate of drug-likeness (QED) is 0.684. The molecule has 0 aromatic heterocycles. The van der Waals surface area contributed by atoms with Crippen molar-refractivity contribution in [1.82, 2.24) is 5.32 Å². The molecule has 20 heavy (non-hydrogen) atoms. The number of carbonyl (C=O) groups is 3. The number of amides is 2. The summed E-state index contributed by atoms with van der Waals surface area (Å²) in [4.78, 5) is 33.4. The average molecular weight is 282 g/mol. The Morgan fingerprint density at radius 3 is 2.50 bits per heavy atom. The number of methoxy groups -OCH3 is 2. The zero-order chi connectivity index (χ0) is 15.1. The van der Waals surface area contributed by atoms with Gasteiger partial charge in [-0.2, -0.15) is 0 Å². The molecule has 0 heterocycles. The van der Waals surface area contributed by atoms with Gasteiger partial charge in [-0.1, -0.05) is 0 Å². The standard InChI is InChI=1S/C12H14N2O6/c1-19-7-3-4-9(8(5-7)11(16)17)14-12(18)13-6-10(15)20-2/h3-5H,6H2,1-2H3,(H,16,17)(H2,13,14,18). The van der Waals surface area contributed by atoms with Gasteiger partial charge in [-0.25, -0.2) is 9.59 Å². The Morgan fingerprint density at radius 1 is 1.25 bits per heavy atom. The van der Waals surface area contributed by atoms with Crippen molar-refractivity contribution in [2.45, 2.75) is 0 Å². The third kappa shape index (κ3) is 4.16. The molecule has 0 aliphatic carbocycles. The van der Waals surface area contributed by atoms with Crippen molar-refractivity contribution in [2.75, 3.05) is 26.1 Å². The van der Waals surface area contributed by atoms with E-state index in [1.807, 2.05) is 0 Å². The van der Waals surface area contributed by atoms with E-state index in [1.54, 1.807) is 0 Å². The highest BCUT2D eigenvalue weighted by atomic mass is 16.5. The van der Waals surface area contributed by atoms with Crippen LogP contribution in [0.15, 0.2) is 18.2 Å². The Labute approximate surface area is 114 Å². The number of hydrogen-bond donors (Lipinski definition) is 3. The molecule has 0 radical (unpaired) electrons. The molecule has 108 valence electrons. The fourth-order valence-electron chi connectivity index (χ4n) is 1.33. The molecule has 0 saturated heterocycles. The van der Waals surface area contributed by atoms with Crippen molar-refractivity contribution >= 4 is 23.7 Å². The van der Waals surface area contributed by atoms with Crippen LogP contribution in [0.4, 0.5) is 10.5 Å². The van der Waals surface area contributed by atoms with Crippen LogP contribution < -0.4 is 15.4 Å². The van der Waals surface area contributed by atoms with Gasteiger partial charge in [0.15, 0.2) is 0 Å². The largest absolute Gasteiger partial charge is 0.497 e. The summed E-state index contributed by atoms with van der Waals surface area (Å²) in [5.74, 6) is -1.48. The van der Waals surface area contributed by atoms with Crippen LogP contribution in [0.2, 0.25) is 0 Å². The van der Waals surface area contributed by atoms with Crippen LogP contribution in [0.1, 0.15) is 10.4 Å². The maximum atomic E-state index is 11.5. The lowest BCUT2D eigenvalue weighted by Crippen LogP contribution is -2.34. The Kier molecular flexibility index (Phi) is 5.33. The van der Waals surface area contributed by atoms with Gasteiger partial charge < -0.3 is 25.2 Å². The topological polar surface area (TPSA) is 114 Å². The number of carboxylic acid groups (broad SMARTS) is 1. The van der Waals surface area contributed by atoms with E-state index in [4.69, 9.17) is 9.84 Å². The minimum absolute atomic E-state index is 0.0839. The number of ether oxygens (including phenoxy) is 2. The van der Waals surface area contributed by atoms with Crippen LogP contribution >= 0.6 is 0 Å². The van der Waals surface area contributed by atoms with Gasteiger partial charge in [0, 0.05) is 0 Å². The summed E-state index contributed by atoms with van der Waals surface area (Å²) in [5, 5.41) is 13.6. The number of nitrogens with one attached hydrogen (secondary N) is 2. The Morgan fingerprint density at radius 2 is 1.95 bits per heavy atom. The third-order valence-corrected chi connectivity index (χ3v) is 2.33. The summed E-state index contributed by atoms with van der Waals surface area (Å²) in [6, 6.07) is 3.45. The SMILES string of the molecule is COC(=O)CNC(=O)Nc1ccc(OC)cc1C(=O)O. The molecule has 0 bridgehead atoms. The molecule has 0 aliphatic heterocycles. The monoisotopic (exact) mass is 282 g/mol. The van der Waals surface area contributed by atoms with Crippen LogP contribution in [0.5, 0.6) is 5.75 Å². The first-order chi connectivity index (χ1) is 9.47. The van der Waals surface area contributed by atoms with Gasteiger partial charge in [-0.05, 0) is 18.2 Å². The molecule has 0 saturated carbocycles. The Hall–Kier alpha value is -2.77. The molecule has 0 fully saturated rings. The van der Waals surface area contributed by atoms with Gasteiger partial charge in [0.25, 0.3) is 0 Å². The molecule has 3 N–H and O–H groups in total. The van der Waals surface area contributed by atoms with Gasteiger partial charge in [-0.3, -0.25) is 4.79 Å². The molecular formula is C12H14N2O6. The first-order valence-corrected chi connectivity index (χ1v) is 5.51. The highest BCUT2D eigenvalue weighted by molar-refractivity contribution is 6.00. The number of anilines is 1. The summed E-state index contributed by atoms with van der Waals surface area (Å²) in [7, 11) is 2.59. The third-order valence-electron chi connectivity index (χ3n) is 2.33. The molecule has 1 aromatic carbocycles. The summed E-state index contributed by atoms with van der Waals surface area (Å²) in [6.07, 6.45) is 0. The van der Waals surface area contributed by atoms with E-state index in [0.717, 1.165) is 0 Å². The van der Waals surface area contributed by atoms with E-state index >= 15 is 0 Å². The van der Waals surface area contributed by atoms with Crippen molar-refractivity contribution in [3.8, 4) is 5.75 Å². The minimum Gasteiger partial charge on any atom is -0.497 e. The lowest BCUT2D eigenvalue weighted by molar-refractivity contribution is -0.139. The molecule has 0 aliphatic rings. The first-order valence-electron chi connectivity index (χ1n) is 5.51. The average Bonchev–Trinajstić information content (AvgIpc) is 2.44. The van der Waals surface area contributed by atoms with Crippen molar-refractivity contribution in [3.63, 3.8) is 0 Å². The lowest BCUT2D eigenvalue weighted by Gasteiger charge is -2.10. The van der Waals surface area contributed by atoms with E-state index in [9.17, 15) is 14.4 Å². The van der Waals surface area contributed by atoms with E-state index in [1.165, 1.54) is 32.4 Å². The number of hydrogen-bond acceptors (Lipinski definition) is 5. The number of benzene rings is 1. The lowest BCUT2D eigenvalue weighted by atomic mass is 10.1. The highest BCUT2D eigenvalue weighted by Crippen LogP contribution is 2.21. The number of carboxylic acids is 1. The number of esters is 1. The smallest absolute Gasteiger partial charge is 0.337 e. The molecule has 0 unspecified atom stereocenters. The predicted octanol–water partition coefficient (Wildman–Crippen LogP) is 0.688. The van der Waals surface area contributed by atoms with E-state index in [0.29, 0.717) is 5.75 Å². The normalized spacial score (nSPS) is 9.50. The van der Waals surface area contributed by atoms with Crippen LogP contribution in [0.3, 0.4) is 0 Å². The van der Waals surface area contributed by atoms with Crippen molar-refractivity contribution in [3.05, 3.63) is 23.8 Å². The Bertz CT molecular complexity index is 529. The molecule has 0 atom stereocenters. The molecular weight excluding hydrogens is 268 g/mol. The maximum Gasteiger partial charge on any atom is 0.337 e. The molecule has 8 nitrogen and oxygen atoms in total. The Balaban J connectivity index is 2.78. The molecule has 1 rings (SSSR count). The predicted molar refractivity (Wildman–Crippen MR) is 69.0 cm³/mol. The number of aromatic carboxylic acids is 1. The second-order valence-electron chi connectivity index (χ2n) is 3.60. The van der Waals surface area contributed by atoms with Crippen LogP contribution in [-0.4, -0.2) is 43.8 Å². The second-order valence-corrected chi connectivity index (χ2v) is 3.60. The van der Waals surface area contributed by atoms with Crippen LogP contribution in [0, 0.1) is 0 Å². The fourth-order valence-corrected chi connectivity index (χ4v) is 1.33. The zero-order valence-corrected chi connectivity index (χ0v) is 10.9. The van der Waals surface area contributed by atoms with Gasteiger partial charge in [-0.15, -0.1) is 0 Å². The highest BCUT2D eigenvalue weighted by Gasteiger charge is 2.14. The number of carbonyl (C=O) groups excluding carboxylic acids is 2. The number of urea groups is 1.